The van der Waals surface area contributed by atoms with Gasteiger partial charge in [-0.3, -0.25) is 4.79 Å². The fourth-order valence-corrected chi connectivity index (χ4v) is 4.04. The van der Waals surface area contributed by atoms with E-state index in [1.54, 1.807) is 10.3 Å². The number of halogens is 3. The van der Waals surface area contributed by atoms with Crippen LogP contribution < -0.4 is 14.8 Å². The molecule has 4 rings (SSSR count). The number of carbonyl (C=O) groups is 1. The molecule has 32 heavy (non-hydrogen) atoms. The van der Waals surface area contributed by atoms with Gasteiger partial charge in [0, 0.05) is 31.6 Å². The Morgan fingerprint density at radius 1 is 1.06 bits per heavy atom. The van der Waals surface area contributed by atoms with Crippen LogP contribution in [-0.4, -0.2) is 35.3 Å². The molecule has 6 nitrogen and oxygen atoms in total. The molecule has 0 atom stereocenters. The average molecular weight is 463 g/mol. The van der Waals surface area contributed by atoms with Crippen LogP contribution >= 0.6 is 11.3 Å². The number of carbonyl (C=O) groups excluding carboxylic acids is 1. The molecule has 0 radical (unpaired) electrons. The number of benzene rings is 2. The van der Waals surface area contributed by atoms with Crippen LogP contribution in [0, 0.1) is 0 Å². The first-order valence-electron chi connectivity index (χ1n) is 9.87. The highest BCUT2D eigenvalue weighted by Crippen LogP contribution is 2.25. The number of alkyl halides is 3. The highest BCUT2D eigenvalue weighted by molar-refractivity contribution is 7.09. The van der Waals surface area contributed by atoms with Crippen molar-refractivity contribution in [1.29, 1.82) is 0 Å². The summed E-state index contributed by atoms with van der Waals surface area (Å²) in [7, 11) is 0. The molecule has 1 amide bonds. The van der Waals surface area contributed by atoms with Crippen LogP contribution in [-0.2, 0) is 19.6 Å². The van der Waals surface area contributed by atoms with Gasteiger partial charge in [-0.1, -0.05) is 24.3 Å². The van der Waals surface area contributed by atoms with E-state index in [4.69, 9.17) is 4.74 Å². The number of rotatable bonds is 8. The standard InChI is InChI=1S/C22H20F3N3O3S/c23-22(24,25)31-18-7-5-17(6-8-18)30-10-9-26-11-20-27-19(14-32-20)21(29)28-12-15-3-1-2-4-16(15)13-28/h1-8,14,26H,9-13H2. The topological polar surface area (TPSA) is 63.7 Å². The molecule has 0 aliphatic carbocycles. The Balaban J connectivity index is 1.18. The molecule has 2 heterocycles. The molecule has 1 aliphatic heterocycles. The number of nitrogens with one attached hydrogen (secondary N) is 1. The highest BCUT2D eigenvalue weighted by Gasteiger charge is 2.31. The second kappa shape index (κ2) is 9.58. The van der Waals surface area contributed by atoms with Crippen molar-refractivity contribution in [2.24, 2.45) is 0 Å². The Labute approximate surface area is 186 Å². The minimum atomic E-state index is -4.72. The molecule has 0 bridgehead atoms. The van der Waals surface area contributed by atoms with Gasteiger partial charge in [-0.2, -0.15) is 0 Å². The van der Waals surface area contributed by atoms with E-state index >= 15 is 0 Å². The molecule has 0 spiro atoms. The third kappa shape index (κ3) is 5.77. The van der Waals surface area contributed by atoms with Crippen LogP contribution in [0.15, 0.2) is 53.9 Å². The van der Waals surface area contributed by atoms with Gasteiger partial charge < -0.3 is 19.7 Å². The number of nitrogens with zero attached hydrogens (tertiary/aromatic N) is 2. The second-order valence-corrected chi connectivity index (χ2v) is 8.04. The van der Waals surface area contributed by atoms with Crippen molar-refractivity contribution in [2.75, 3.05) is 13.2 Å². The number of hydrogen-bond donors (Lipinski definition) is 1. The Morgan fingerprint density at radius 3 is 2.38 bits per heavy atom. The van der Waals surface area contributed by atoms with Crippen molar-refractivity contribution in [3.63, 3.8) is 0 Å². The van der Waals surface area contributed by atoms with Gasteiger partial charge in [0.25, 0.3) is 5.91 Å². The lowest BCUT2D eigenvalue weighted by molar-refractivity contribution is -0.274. The summed E-state index contributed by atoms with van der Waals surface area (Å²) in [6, 6.07) is 13.2. The zero-order valence-corrected chi connectivity index (χ0v) is 17.7. The van der Waals surface area contributed by atoms with Gasteiger partial charge in [0.15, 0.2) is 0 Å². The van der Waals surface area contributed by atoms with E-state index in [1.807, 2.05) is 24.3 Å². The number of amides is 1. The third-order valence-corrected chi connectivity index (χ3v) is 5.63. The van der Waals surface area contributed by atoms with Crippen LogP contribution in [0.1, 0.15) is 26.6 Å². The summed E-state index contributed by atoms with van der Waals surface area (Å²) in [5.74, 6) is 0.0648. The predicted molar refractivity (Wildman–Crippen MR) is 112 cm³/mol. The Bertz CT molecular complexity index is 1050. The lowest BCUT2D eigenvalue weighted by atomic mass is 10.1. The molecule has 3 aromatic rings. The van der Waals surface area contributed by atoms with Crippen molar-refractivity contribution in [2.45, 2.75) is 26.0 Å². The summed E-state index contributed by atoms with van der Waals surface area (Å²) in [4.78, 5) is 18.9. The molecule has 0 saturated heterocycles. The first-order chi connectivity index (χ1) is 15.4. The molecule has 0 saturated carbocycles. The first-order valence-corrected chi connectivity index (χ1v) is 10.8. The van der Waals surface area contributed by atoms with Crippen molar-refractivity contribution in [3.8, 4) is 11.5 Å². The molecule has 0 unspecified atom stereocenters. The summed E-state index contributed by atoms with van der Waals surface area (Å²) in [5, 5.41) is 5.73. The smallest absolute Gasteiger partial charge is 0.492 e. The van der Waals surface area contributed by atoms with Gasteiger partial charge in [-0.05, 0) is 35.4 Å². The first kappa shape index (κ1) is 22.1. The maximum atomic E-state index is 12.7. The Hall–Kier alpha value is -3.11. The van der Waals surface area contributed by atoms with E-state index in [9.17, 15) is 18.0 Å². The summed E-state index contributed by atoms with van der Waals surface area (Å²) < 4.78 is 45.8. The van der Waals surface area contributed by atoms with E-state index in [2.05, 4.69) is 15.0 Å². The quantitative estimate of drug-likeness (QED) is 0.503. The Kier molecular flexibility index (Phi) is 6.61. The number of hydrogen-bond acceptors (Lipinski definition) is 6. The van der Waals surface area contributed by atoms with E-state index < -0.39 is 6.36 Å². The average Bonchev–Trinajstić information content (AvgIpc) is 3.40. The van der Waals surface area contributed by atoms with Gasteiger partial charge in [-0.25, -0.2) is 4.98 Å². The van der Waals surface area contributed by atoms with Crippen molar-refractivity contribution < 1.29 is 27.4 Å². The van der Waals surface area contributed by atoms with Crippen molar-refractivity contribution in [3.05, 3.63) is 75.7 Å². The molecule has 10 heteroatoms. The summed E-state index contributed by atoms with van der Waals surface area (Å²) >= 11 is 1.41. The zero-order chi connectivity index (χ0) is 22.6. The van der Waals surface area contributed by atoms with E-state index in [1.165, 1.54) is 46.7 Å². The molecule has 1 aliphatic rings. The summed E-state index contributed by atoms with van der Waals surface area (Å²) in [5.41, 5.74) is 2.78. The molecule has 168 valence electrons. The lowest BCUT2D eigenvalue weighted by Gasteiger charge is -2.13. The van der Waals surface area contributed by atoms with Gasteiger partial charge in [0.2, 0.25) is 0 Å². The fraction of sp³-hybridized carbons (Fsp3) is 0.273. The molecular formula is C22H20F3N3O3S. The largest absolute Gasteiger partial charge is 0.573 e. The van der Waals surface area contributed by atoms with Gasteiger partial charge in [-0.15, -0.1) is 24.5 Å². The monoisotopic (exact) mass is 463 g/mol. The number of fused-ring (bicyclic) bond motifs is 1. The minimum absolute atomic E-state index is 0.0787. The van der Waals surface area contributed by atoms with E-state index in [-0.39, 0.29) is 11.7 Å². The normalized spacial score (nSPS) is 13.2. The van der Waals surface area contributed by atoms with E-state index in [0.717, 1.165) is 5.01 Å². The van der Waals surface area contributed by atoms with Gasteiger partial charge in [0.05, 0.1) is 0 Å². The minimum Gasteiger partial charge on any atom is -0.492 e. The van der Waals surface area contributed by atoms with Crippen LogP contribution in [0.2, 0.25) is 0 Å². The molecular weight excluding hydrogens is 443 g/mol. The summed E-state index contributed by atoms with van der Waals surface area (Å²) in [6.45, 7) is 2.51. The maximum Gasteiger partial charge on any atom is 0.573 e. The predicted octanol–water partition coefficient (Wildman–Crippen LogP) is 4.37. The number of ether oxygens (including phenoxy) is 2. The number of aromatic nitrogens is 1. The lowest BCUT2D eigenvalue weighted by Crippen LogP contribution is -2.26. The second-order valence-electron chi connectivity index (χ2n) is 7.10. The summed E-state index contributed by atoms with van der Waals surface area (Å²) in [6.07, 6.45) is -4.72. The van der Waals surface area contributed by atoms with Crippen molar-refractivity contribution in [1.82, 2.24) is 15.2 Å². The third-order valence-electron chi connectivity index (χ3n) is 4.78. The zero-order valence-electron chi connectivity index (χ0n) is 16.9. The SMILES string of the molecule is O=C(c1csc(CNCCOc2ccc(OC(F)(F)F)cc2)n1)N1Cc2ccccc2C1. The molecule has 0 fully saturated rings. The van der Waals surface area contributed by atoms with Gasteiger partial charge >= 0.3 is 6.36 Å². The maximum absolute atomic E-state index is 12.7. The highest BCUT2D eigenvalue weighted by atomic mass is 32.1. The van der Waals surface area contributed by atoms with Crippen LogP contribution in [0.5, 0.6) is 11.5 Å². The van der Waals surface area contributed by atoms with Gasteiger partial charge in [0.1, 0.15) is 28.8 Å². The molecule has 1 aromatic heterocycles. The molecule has 2 aromatic carbocycles. The van der Waals surface area contributed by atoms with E-state index in [0.29, 0.717) is 44.2 Å². The number of thiazole rings is 1. The molecule has 1 N–H and O–H groups in total. The van der Waals surface area contributed by atoms with Crippen LogP contribution in [0.25, 0.3) is 0 Å². The van der Waals surface area contributed by atoms with Crippen LogP contribution in [0.4, 0.5) is 13.2 Å². The van der Waals surface area contributed by atoms with Crippen LogP contribution in [0.3, 0.4) is 0 Å². The fourth-order valence-electron chi connectivity index (χ4n) is 3.30. The van der Waals surface area contributed by atoms with Crippen molar-refractivity contribution >= 4 is 17.2 Å². The Morgan fingerprint density at radius 2 is 1.72 bits per heavy atom.